The highest BCUT2D eigenvalue weighted by atomic mass is 32.2. The zero-order chi connectivity index (χ0) is 18.4. The summed E-state index contributed by atoms with van der Waals surface area (Å²) in [6.07, 6.45) is 3.65. The average Bonchev–Trinajstić information content (AvgIpc) is 2.87. The number of nitrogens with one attached hydrogen (secondary N) is 2. The molecule has 8 heteroatoms. The number of likely N-dealkylation sites (N-methyl/N-ethyl adjacent to an activating group) is 2. The topological polar surface area (TPSA) is 77.0 Å². The molecule has 1 saturated heterocycles. The van der Waals surface area contributed by atoms with E-state index in [1.807, 2.05) is 27.8 Å². The van der Waals surface area contributed by atoms with E-state index in [-0.39, 0.29) is 0 Å². The van der Waals surface area contributed by atoms with Gasteiger partial charge in [0.2, 0.25) is 10.0 Å². The van der Waals surface area contributed by atoms with Crippen LogP contribution in [0.4, 0.5) is 0 Å². The van der Waals surface area contributed by atoms with E-state index in [9.17, 15) is 8.42 Å². The minimum absolute atomic E-state index is 0.384. The van der Waals surface area contributed by atoms with Crippen LogP contribution in [0.1, 0.15) is 40.5 Å². The van der Waals surface area contributed by atoms with E-state index in [1.165, 1.54) is 25.6 Å². The molecule has 0 bridgehead atoms. The molecule has 7 nitrogen and oxygen atoms in total. The highest BCUT2D eigenvalue weighted by Crippen LogP contribution is 2.17. The van der Waals surface area contributed by atoms with Crippen molar-refractivity contribution in [1.29, 1.82) is 0 Å². The Kier molecular flexibility index (Phi) is 7.95. The second-order valence-electron chi connectivity index (χ2n) is 7.23. The molecule has 0 aromatic heterocycles. The molecular formula is C16H35N5O2S. The van der Waals surface area contributed by atoms with Crippen molar-refractivity contribution < 1.29 is 8.42 Å². The minimum Gasteiger partial charge on any atom is -0.357 e. The number of aliphatic imine (C=N–C) groups is 1. The van der Waals surface area contributed by atoms with Gasteiger partial charge in [-0.15, -0.1) is 0 Å². The van der Waals surface area contributed by atoms with Crippen LogP contribution in [0.25, 0.3) is 0 Å². The molecule has 0 radical (unpaired) electrons. The van der Waals surface area contributed by atoms with Gasteiger partial charge in [0, 0.05) is 31.7 Å². The highest BCUT2D eigenvalue weighted by molar-refractivity contribution is 7.88. The lowest BCUT2D eigenvalue weighted by Crippen LogP contribution is -2.48. The summed E-state index contributed by atoms with van der Waals surface area (Å²) in [6, 6.07) is 0.561. The maximum absolute atomic E-state index is 11.5. The van der Waals surface area contributed by atoms with E-state index in [1.54, 1.807) is 0 Å². The molecular weight excluding hydrogens is 326 g/mol. The van der Waals surface area contributed by atoms with Gasteiger partial charge in [-0.2, -0.15) is 0 Å². The van der Waals surface area contributed by atoms with Crippen molar-refractivity contribution in [2.45, 2.75) is 52.1 Å². The van der Waals surface area contributed by atoms with Gasteiger partial charge >= 0.3 is 0 Å². The van der Waals surface area contributed by atoms with Gasteiger partial charge in [0.05, 0.1) is 12.8 Å². The molecule has 0 aromatic carbocycles. The monoisotopic (exact) mass is 361 g/mol. The van der Waals surface area contributed by atoms with Crippen LogP contribution in [0, 0.1) is 0 Å². The molecule has 24 heavy (non-hydrogen) atoms. The normalized spacial score (nSPS) is 20.4. The average molecular weight is 362 g/mol. The van der Waals surface area contributed by atoms with Crippen molar-refractivity contribution in [3.05, 3.63) is 0 Å². The van der Waals surface area contributed by atoms with Crippen molar-refractivity contribution in [2.24, 2.45) is 4.99 Å². The Balaban J connectivity index is 2.73. The second-order valence-corrected chi connectivity index (χ2v) is 8.98. The van der Waals surface area contributed by atoms with Crippen molar-refractivity contribution in [2.75, 3.05) is 46.0 Å². The molecule has 0 spiro atoms. The number of likely N-dealkylation sites (tertiary alicyclic amines) is 1. The Hall–Kier alpha value is -0.860. The van der Waals surface area contributed by atoms with Crippen molar-refractivity contribution in [3.63, 3.8) is 0 Å². The SMILES string of the molecule is CCNC(=NCC(C)(C)NS(C)(=O)=O)N(C)CC1CCCN1CC. The maximum Gasteiger partial charge on any atom is 0.209 e. The molecule has 2 N–H and O–H groups in total. The number of sulfonamides is 1. The van der Waals surface area contributed by atoms with Gasteiger partial charge in [-0.3, -0.25) is 9.89 Å². The Morgan fingerprint density at radius 1 is 1.38 bits per heavy atom. The van der Waals surface area contributed by atoms with Gasteiger partial charge in [0.25, 0.3) is 0 Å². The fraction of sp³-hybridized carbons (Fsp3) is 0.938. The van der Waals surface area contributed by atoms with E-state index in [0.717, 1.165) is 25.6 Å². The van der Waals surface area contributed by atoms with Crippen LogP contribution in [0.3, 0.4) is 0 Å². The molecule has 1 aliphatic heterocycles. The highest BCUT2D eigenvalue weighted by Gasteiger charge is 2.26. The number of hydrogen-bond acceptors (Lipinski definition) is 4. The van der Waals surface area contributed by atoms with Crippen molar-refractivity contribution in [1.82, 2.24) is 19.8 Å². The van der Waals surface area contributed by atoms with Crippen LogP contribution >= 0.6 is 0 Å². The van der Waals surface area contributed by atoms with Gasteiger partial charge in [-0.05, 0) is 46.7 Å². The maximum atomic E-state index is 11.5. The third-order valence-corrected chi connectivity index (χ3v) is 5.10. The predicted octanol–water partition coefficient (Wildman–Crippen LogP) is 0.696. The molecule has 1 atom stereocenters. The van der Waals surface area contributed by atoms with Gasteiger partial charge in [-0.25, -0.2) is 13.1 Å². The summed E-state index contributed by atoms with van der Waals surface area (Å²) in [4.78, 5) is 9.31. The van der Waals surface area contributed by atoms with Crippen molar-refractivity contribution >= 4 is 16.0 Å². The van der Waals surface area contributed by atoms with E-state index in [2.05, 4.69) is 31.8 Å². The Bertz CT molecular complexity index is 519. The molecule has 0 aliphatic carbocycles. The van der Waals surface area contributed by atoms with Crippen LogP contribution < -0.4 is 10.0 Å². The zero-order valence-corrected chi connectivity index (χ0v) is 16.9. The summed E-state index contributed by atoms with van der Waals surface area (Å²) in [5.41, 5.74) is -0.613. The Morgan fingerprint density at radius 3 is 2.58 bits per heavy atom. The minimum atomic E-state index is -3.25. The van der Waals surface area contributed by atoms with E-state index in [4.69, 9.17) is 0 Å². The summed E-state index contributed by atoms with van der Waals surface area (Å²) in [7, 11) is -1.21. The van der Waals surface area contributed by atoms with Crippen molar-refractivity contribution in [3.8, 4) is 0 Å². The first-order valence-corrected chi connectivity index (χ1v) is 10.7. The van der Waals surface area contributed by atoms with E-state index >= 15 is 0 Å². The van der Waals surface area contributed by atoms with Gasteiger partial charge in [0.1, 0.15) is 0 Å². The Morgan fingerprint density at radius 2 is 2.04 bits per heavy atom. The van der Waals surface area contributed by atoms with Gasteiger partial charge in [0.15, 0.2) is 5.96 Å². The lowest BCUT2D eigenvalue weighted by molar-refractivity contribution is 0.232. The largest absolute Gasteiger partial charge is 0.357 e. The molecule has 1 aliphatic rings. The standard InChI is InChI=1S/C16H35N5O2S/c1-7-17-15(18-13-16(3,4)19-24(6,22)23)20(5)12-14-10-9-11-21(14)8-2/h14,19H,7-13H2,1-6H3,(H,17,18). The van der Waals surface area contributed by atoms with Crippen LogP contribution in [0.15, 0.2) is 4.99 Å². The second kappa shape index (κ2) is 9.01. The molecule has 0 amide bonds. The predicted molar refractivity (Wildman–Crippen MR) is 101 cm³/mol. The van der Waals surface area contributed by atoms with Crippen LogP contribution in [-0.4, -0.2) is 81.8 Å². The van der Waals surface area contributed by atoms with Crippen LogP contribution in [0.5, 0.6) is 0 Å². The quantitative estimate of drug-likeness (QED) is 0.491. The molecule has 0 saturated carbocycles. The zero-order valence-electron chi connectivity index (χ0n) is 16.1. The molecule has 1 rings (SSSR count). The van der Waals surface area contributed by atoms with E-state index < -0.39 is 15.6 Å². The fourth-order valence-corrected chi connectivity index (χ4v) is 4.27. The number of guanidine groups is 1. The number of rotatable bonds is 8. The smallest absolute Gasteiger partial charge is 0.209 e. The molecule has 1 heterocycles. The summed E-state index contributed by atoms with van der Waals surface area (Å²) in [5.74, 6) is 0.823. The summed E-state index contributed by atoms with van der Waals surface area (Å²) in [6.45, 7) is 12.3. The van der Waals surface area contributed by atoms with Crippen LogP contribution in [0.2, 0.25) is 0 Å². The third-order valence-electron chi connectivity index (χ3n) is 4.17. The molecule has 0 aromatic rings. The molecule has 142 valence electrons. The third kappa shape index (κ3) is 7.36. The fourth-order valence-electron chi connectivity index (χ4n) is 3.20. The lowest BCUT2D eigenvalue weighted by Gasteiger charge is -2.30. The first-order valence-electron chi connectivity index (χ1n) is 8.80. The molecule has 1 unspecified atom stereocenters. The summed E-state index contributed by atoms with van der Waals surface area (Å²) < 4.78 is 25.6. The number of nitrogens with zero attached hydrogens (tertiary/aromatic N) is 3. The molecule has 1 fully saturated rings. The van der Waals surface area contributed by atoms with Gasteiger partial charge in [-0.1, -0.05) is 6.92 Å². The number of hydrogen-bond donors (Lipinski definition) is 2. The Labute approximate surface area is 147 Å². The first kappa shape index (κ1) is 21.2. The first-order chi connectivity index (χ1) is 11.1. The van der Waals surface area contributed by atoms with E-state index in [0.29, 0.717) is 12.6 Å². The summed E-state index contributed by atoms with van der Waals surface area (Å²) in [5, 5.41) is 3.30. The summed E-state index contributed by atoms with van der Waals surface area (Å²) >= 11 is 0. The van der Waals surface area contributed by atoms with Crippen LogP contribution in [-0.2, 0) is 10.0 Å². The van der Waals surface area contributed by atoms with Gasteiger partial charge < -0.3 is 10.2 Å². The lowest BCUT2D eigenvalue weighted by atomic mass is 10.1.